The van der Waals surface area contributed by atoms with Crippen LogP contribution in [0.1, 0.15) is 34.6 Å². The molecule has 0 aliphatic carbocycles. The Morgan fingerprint density at radius 2 is 1.94 bits per heavy atom. The van der Waals surface area contributed by atoms with E-state index in [9.17, 15) is 18.0 Å². The van der Waals surface area contributed by atoms with E-state index < -0.39 is 17.8 Å². The molecule has 0 radical (unpaired) electrons. The van der Waals surface area contributed by atoms with E-state index in [2.05, 4.69) is 15.2 Å². The smallest absolute Gasteiger partial charge is 0.366 e. The topological polar surface area (TPSA) is 91.1 Å². The molecule has 1 aliphatic heterocycles. The number of primary amides is 1. The molecule has 0 fully saturated rings. The lowest BCUT2D eigenvalue weighted by molar-refractivity contribution is -0.141. The number of aromatic nitrogens is 5. The van der Waals surface area contributed by atoms with Crippen LogP contribution in [0.5, 0.6) is 0 Å². The van der Waals surface area contributed by atoms with Gasteiger partial charge in [-0.3, -0.25) is 14.5 Å². The molecular formula is C21H19F3N6O. The number of aryl methyl sites for hydroxylation is 2. The fourth-order valence-electron chi connectivity index (χ4n) is 3.38. The summed E-state index contributed by atoms with van der Waals surface area (Å²) in [5, 5.41) is 8.36. The Morgan fingerprint density at radius 3 is 2.65 bits per heavy atom. The Balaban J connectivity index is 0.000000166. The molecule has 1 amide bonds. The summed E-state index contributed by atoms with van der Waals surface area (Å²) in [6.45, 7) is 0.840. The first-order valence-corrected chi connectivity index (χ1v) is 9.65. The van der Waals surface area contributed by atoms with E-state index in [0.29, 0.717) is 16.8 Å². The van der Waals surface area contributed by atoms with Gasteiger partial charge in [0, 0.05) is 36.4 Å². The molecule has 10 heteroatoms. The highest BCUT2D eigenvalue weighted by molar-refractivity contribution is 5.94. The Labute approximate surface area is 175 Å². The van der Waals surface area contributed by atoms with Crippen LogP contribution in [0.25, 0.3) is 16.8 Å². The first-order valence-electron chi connectivity index (χ1n) is 9.65. The molecule has 0 spiro atoms. The summed E-state index contributed by atoms with van der Waals surface area (Å²) in [6.07, 6.45) is 3.12. The van der Waals surface area contributed by atoms with E-state index in [1.165, 1.54) is 6.20 Å². The molecule has 4 aromatic rings. The fourth-order valence-corrected chi connectivity index (χ4v) is 3.38. The number of fused-ring (bicyclic) bond motifs is 2. The largest absolute Gasteiger partial charge is 0.433 e. The second-order valence-electron chi connectivity index (χ2n) is 7.11. The zero-order valence-electron chi connectivity index (χ0n) is 16.4. The molecule has 31 heavy (non-hydrogen) atoms. The van der Waals surface area contributed by atoms with Crippen molar-refractivity contribution in [2.45, 2.75) is 32.0 Å². The van der Waals surface area contributed by atoms with Gasteiger partial charge in [-0.25, -0.2) is 4.52 Å². The first kappa shape index (κ1) is 20.6. The number of carbonyl (C=O) groups excluding carboxylic acids is 1. The van der Waals surface area contributed by atoms with Crippen molar-refractivity contribution in [3.8, 4) is 11.3 Å². The summed E-state index contributed by atoms with van der Waals surface area (Å²) >= 11 is 0. The van der Waals surface area contributed by atoms with Gasteiger partial charge in [0.15, 0.2) is 0 Å². The SMILES string of the molecule is FC(F)(F)c1cc(-c2cc3n(n2)CCCC3)ccn1.NC(=O)c1cc2cccnn2c1. The minimum atomic E-state index is -4.42. The third kappa shape index (κ3) is 4.57. The predicted molar refractivity (Wildman–Crippen MR) is 107 cm³/mol. The van der Waals surface area contributed by atoms with Crippen LogP contribution in [0, 0.1) is 0 Å². The molecule has 2 N–H and O–H groups in total. The van der Waals surface area contributed by atoms with Gasteiger partial charge in [-0.2, -0.15) is 23.4 Å². The number of alkyl halides is 3. The molecule has 5 rings (SSSR count). The molecule has 1 aliphatic rings. The van der Waals surface area contributed by atoms with E-state index >= 15 is 0 Å². The number of halogens is 3. The van der Waals surface area contributed by atoms with Gasteiger partial charge >= 0.3 is 6.18 Å². The summed E-state index contributed by atoms with van der Waals surface area (Å²) in [7, 11) is 0. The van der Waals surface area contributed by atoms with Crippen LogP contribution in [-0.2, 0) is 19.1 Å². The highest BCUT2D eigenvalue weighted by atomic mass is 19.4. The predicted octanol–water partition coefficient (Wildman–Crippen LogP) is 3.73. The molecule has 0 saturated carbocycles. The first-order chi connectivity index (χ1) is 14.8. The van der Waals surface area contributed by atoms with Crippen molar-refractivity contribution < 1.29 is 18.0 Å². The zero-order chi connectivity index (χ0) is 22.0. The van der Waals surface area contributed by atoms with Gasteiger partial charge in [0.05, 0.1) is 16.8 Å². The second-order valence-corrected chi connectivity index (χ2v) is 7.11. The maximum absolute atomic E-state index is 12.6. The van der Waals surface area contributed by atoms with Crippen LogP contribution in [-0.4, -0.2) is 30.3 Å². The average Bonchev–Trinajstić information content (AvgIpc) is 3.38. The molecule has 0 saturated heterocycles. The van der Waals surface area contributed by atoms with Crippen molar-refractivity contribution in [3.05, 3.63) is 71.9 Å². The monoisotopic (exact) mass is 428 g/mol. The quantitative estimate of drug-likeness (QED) is 0.527. The standard InChI is InChI=1S/C13H12F3N3.C8H7N3O/c14-13(15,16)12-7-9(4-5-17-12)11-8-10-3-1-2-6-19(10)18-11;9-8(12)6-4-7-2-1-3-10-11(7)5-6/h4-5,7-8H,1-3,6H2;1-5H,(H2,9,12). The van der Waals surface area contributed by atoms with Gasteiger partial charge < -0.3 is 5.73 Å². The van der Waals surface area contributed by atoms with E-state index in [0.717, 1.165) is 43.1 Å². The van der Waals surface area contributed by atoms with Crippen LogP contribution in [0.2, 0.25) is 0 Å². The molecule has 0 bridgehead atoms. The van der Waals surface area contributed by atoms with Gasteiger partial charge in [-0.15, -0.1) is 0 Å². The lowest BCUT2D eigenvalue weighted by Crippen LogP contribution is -2.10. The van der Waals surface area contributed by atoms with Crippen molar-refractivity contribution >= 4 is 11.4 Å². The number of hydrogen-bond acceptors (Lipinski definition) is 4. The maximum Gasteiger partial charge on any atom is 0.433 e. The highest BCUT2D eigenvalue weighted by Crippen LogP contribution is 2.30. The minimum absolute atomic E-state index is 0.430. The van der Waals surface area contributed by atoms with Crippen molar-refractivity contribution in [1.82, 2.24) is 24.4 Å². The van der Waals surface area contributed by atoms with Crippen LogP contribution < -0.4 is 5.73 Å². The molecule has 0 aromatic carbocycles. The zero-order valence-corrected chi connectivity index (χ0v) is 16.4. The van der Waals surface area contributed by atoms with Crippen LogP contribution >= 0.6 is 0 Å². The molecule has 5 heterocycles. The van der Waals surface area contributed by atoms with E-state index in [1.807, 2.05) is 16.8 Å². The summed E-state index contributed by atoms with van der Waals surface area (Å²) in [5.41, 5.74) is 7.71. The summed E-state index contributed by atoms with van der Waals surface area (Å²) in [6, 6.07) is 9.85. The number of pyridine rings is 1. The van der Waals surface area contributed by atoms with Gasteiger partial charge in [0.1, 0.15) is 5.69 Å². The third-order valence-corrected chi connectivity index (χ3v) is 4.92. The van der Waals surface area contributed by atoms with Crippen LogP contribution in [0.4, 0.5) is 13.2 Å². The molecule has 160 valence electrons. The highest BCUT2D eigenvalue weighted by Gasteiger charge is 2.32. The van der Waals surface area contributed by atoms with Crippen LogP contribution in [0.3, 0.4) is 0 Å². The van der Waals surface area contributed by atoms with Gasteiger partial charge in [-0.1, -0.05) is 0 Å². The molecular weight excluding hydrogens is 409 g/mol. The van der Waals surface area contributed by atoms with E-state index in [-0.39, 0.29) is 0 Å². The molecule has 0 atom stereocenters. The lowest BCUT2D eigenvalue weighted by atomic mass is 10.1. The summed E-state index contributed by atoms with van der Waals surface area (Å²) < 4.78 is 41.4. The van der Waals surface area contributed by atoms with Crippen molar-refractivity contribution in [3.63, 3.8) is 0 Å². The van der Waals surface area contributed by atoms with Crippen molar-refractivity contribution in [2.75, 3.05) is 0 Å². The third-order valence-electron chi connectivity index (χ3n) is 4.92. The summed E-state index contributed by atoms with van der Waals surface area (Å²) in [5.74, 6) is -0.430. The number of nitrogens with two attached hydrogens (primary N) is 1. The molecule has 4 aromatic heterocycles. The average molecular weight is 428 g/mol. The van der Waals surface area contributed by atoms with Crippen LogP contribution in [0.15, 0.2) is 55.0 Å². The maximum atomic E-state index is 12.6. The Hall–Kier alpha value is -3.69. The lowest BCUT2D eigenvalue weighted by Gasteiger charge is -2.11. The van der Waals surface area contributed by atoms with Gasteiger partial charge in [0.25, 0.3) is 0 Å². The Morgan fingerprint density at radius 1 is 1.10 bits per heavy atom. The normalized spacial score (nSPS) is 13.4. The molecule has 7 nitrogen and oxygen atoms in total. The fraction of sp³-hybridized carbons (Fsp3) is 0.238. The number of amides is 1. The van der Waals surface area contributed by atoms with Crippen molar-refractivity contribution in [1.29, 1.82) is 0 Å². The van der Waals surface area contributed by atoms with Gasteiger partial charge in [0.2, 0.25) is 5.91 Å². The number of carbonyl (C=O) groups is 1. The number of rotatable bonds is 2. The van der Waals surface area contributed by atoms with Crippen molar-refractivity contribution in [2.24, 2.45) is 5.73 Å². The number of hydrogen-bond donors (Lipinski definition) is 1. The number of nitrogens with zero attached hydrogens (tertiary/aromatic N) is 5. The second kappa shape index (κ2) is 8.21. The Bertz CT molecular complexity index is 1170. The van der Waals surface area contributed by atoms with Gasteiger partial charge in [-0.05, 0) is 55.7 Å². The van der Waals surface area contributed by atoms with E-state index in [4.69, 9.17) is 5.73 Å². The molecule has 0 unspecified atom stereocenters. The minimum Gasteiger partial charge on any atom is -0.366 e. The Kier molecular flexibility index (Phi) is 5.45. The van der Waals surface area contributed by atoms with E-state index in [1.54, 1.807) is 35.1 Å². The summed E-state index contributed by atoms with van der Waals surface area (Å²) in [4.78, 5) is 14.1.